The van der Waals surface area contributed by atoms with Crippen LogP contribution in [0.15, 0.2) is 130 Å². The Morgan fingerprint density at radius 2 is 1.19 bits per heavy atom. The summed E-state index contributed by atoms with van der Waals surface area (Å²) in [6.07, 6.45) is 3.58. The Labute approximate surface area is 243 Å². The molecule has 0 N–H and O–H groups in total. The summed E-state index contributed by atoms with van der Waals surface area (Å²) >= 11 is 0. The second-order valence-corrected chi connectivity index (χ2v) is 10.8. The van der Waals surface area contributed by atoms with Crippen LogP contribution in [0.5, 0.6) is 0 Å². The second kappa shape index (κ2) is 8.27. The van der Waals surface area contributed by atoms with Crippen LogP contribution in [-0.2, 0) is 0 Å². The van der Waals surface area contributed by atoms with Crippen LogP contribution >= 0.6 is 0 Å². The van der Waals surface area contributed by atoms with E-state index < -0.39 is 0 Å². The zero-order valence-corrected chi connectivity index (χ0v) is 22.7. The van der Waals surface area contributed by atoms with Gasteiger partial charge in [-0.15, -0.1) is 0 Å². The third-order valence-corrected chi connectivity index (χ3v) is 8.49. The second-order valence-electron chi connectivity index (χ2n) is 10.8. The van der Waals surface area contributed by atoms with Gasteiger partial charge >= 0.3 is 0 Å². The number of furan rings is 2. The van der Waals surface area contributed by atoms with Crippen LogP contribution in [0.4, 0.5) is 0 Å². The molecule has 0 unspecified atom stereocenters. The maximum Gasteiger partial charge on any atom is 0.236 e. The van der Waals surface area contributed by atoms with Crippen LogP contribution in [0.2, 0.25) is 0 Å². The van der Waals surface area contributed by atoms with Gasteiger partial charge in [0.2, 0.25) is 5.95 Å². The van der Waals surface area contributed by atoms with Crippen LogP contribution in [0.3, 0.4) is 0 Å². The highest BCUT2D eigenvalue weighted by Gasteiger charge is 2.25. The standard InChI is InChI=1S/C37H20N4O2/c1-2-12-23-22(11-1)30-24-13-3-6-16-27(24)41(34(30)35-31(23)25-14-4-7-17-28(25)42-35)37-39-32(21-10-9-19-38-20-21)36-33(40-37)26-15-5-8-18-29(26)43-36/h1-20H. The Bertz CT molecular complexity index is 2730. The number of nitrogens with zero attached hydrogens (tertiary/aromatic N) is 4. The van der Waals surface area contributed by atoms with Gasteiger partial charge in [0.05, 0.1) is 5.52 Å². The molecule has 0 bridgehead atoms. The topological polar surface area (TPSA) is 69.9 Å². The third-order valence-electron chi connectivity index (χ3n) is 8.49. The molecule has 0 radical (unpaired) electrons. The first-order valence-electron chi connectivity index (χ1n) is 14.2. The van der Waals surface area contributed by atoms with Crippen LogP contribution in [0.1, 0.15) is 0 Å². The monoisotopic (exact) mass is 552 g/mol. The van der Waals surface area contributed by atoms with Gasteiger partial charge in [0, 0.05) is 44.9 Å². The van der Waals surface area contributed by atoms with Gasteiger partial charge in [-0.25, -0.2) is 9.97 Å². The predicted molar refractivity (Wildman–Crippen MR) is 172 cm³/mol. The average Bonchev–Trinajstić information content (AvgIpc) is 3.75. The number of aromatic nitrogens is 4. The number of rotatable bonds is 2. The fraction of sp³-hybridized carbons (Fsp3) is 0. The van der Waals surface area contributed by atoms with E-state index in [1.165, 1.54) is 0 Å². The van der Waals surface area contributed by atoms with Crippen molar-refractivity contribution in [2.24, 2.45) is 0 Å². The lowest BCUT2D eigenvalue weighted by Crippen LogP contribution is -2.03. The van der Waals surface area contributed by atoms with Crippen molar-refractivity contribution < 1.29 is 8.83 Å². The van der Waals surface area contributed by atoms with E-state index in [0.29, 0.717) is 17.2 Å². The van der Waals surface area contributed by atoms with E-state index in [1.54, 1.807) is 6.20 Å². The fourth-order valence-corrected chi connectivity index (χ4v) is 6.71. The van der Waals surface area contributed by atoms with Gasteiger partial charge in [-0.3, -0.25) is 9.55 Å². The first-order chi connectivity index (χ1) is 21.3. The SMILES string of the molecule is c1cncc(-c2nc(-n3c4ccccc4c4c5ccccc5c5c6ccccc6oc5c43)nc3c2oc2ccccc23)c1. The van der Waals surface area contributed by atoms with E-state index in [0.717, 1.165) is 76.6 Å². The Balaban J connectivity index is 1.46. The lowest BCUT2D eigenvalue weighted by atomic mass is 9.99. The molecular formula is C37H20N4O2. The minimum Gasteiger partial charge on any atom is -0.454 e. The highest BCUT2D eigenvalue weighted by atomic mass is 16.3. The van der Waals surface area contributed by atoms with Crippen molar-refractivity contribution in [3.63, 3.8) is 0 Å². The summed E-state index contributed by atoms with van der Waals surface area (Å²) in [5.41, 5.74) is 7.31. The molecule has 0 saturated heterocycles. The van der Waals surface area contributed by atoms with Gasteiger partial charge in [0.25, 0.3) is 0 Å². The smallest absolute Gasteiger partial charge is 0.236 e. The molecular weight excluding hydrogens is 532 g/mol. The number of benzene rings is 5. The summed E-state index contributed by atoms with van der Waals surface area (Å²) < 4.78 is 15.2. The zero-order valence-electron chi connectivity index (χ0n) is 22.7. The van der Waals surface area contributed by atoms with Crippen LogP contribution < -0.4 is 0 Å². The molecule has 10 rings (SSSR count). The molecule has 0 aliphatic heterocycles. The minimum atomic E-state index is 0.543. The normalized spacial score (nSPS) is 12.2. The van der Waals surface area contributed by atoms with Crippen LogP contribution in [0.25, 0.3) is 93.8 Å². The molecule has 0 amide bonds. The van der Waals surface area contributed by atoms with Gasteiger partial charge in [-0.2, -0.15) is 0 Å². The molecule has 5 aromatic heterocycles. The molecule has 5 heterocycles. The van der Waals surface area contributed by atoms with Gasteiger partial charge in [0.1, 0.15) is 27.9 Å². The number of hydrogen-bond acceptors (Lipinski definition) is 5. The highest BCUT2D eigenvalue weighted by molar-refractivity contribution is 6.35. The van der Waals surface area contributed by atoms with Crippen molar-refractivity contribution in [1.82, 2.24) is 19.5 Å². The zero-order chi connectivity index (χ0) is 28.1. The highest BCUT2D eigenvalue weighted by Crippen LogP contribution is 2.45. The van der Waals surface area contributed by atoms with Gasteiger partial charge in [0.15, 0.2) is 11.2 Å². The van der Waals surface area contributed by atoms with E-state index in [-0.39, 0.29) is 0 Å². The third kappa shape index (κ3) is 2.99. The lowest BCUT2D eigenvalue weighted by molar-refractivity contribution is 0.666. The Hall–Kier alpha value is -6.01. The van der Waals surface area contributed by atoms with E-state index in [1.807, 2.05) is 54.7 Å². The summed E-state index contributed by atoms with van der Waals surface area (Å²) in [4.78, 5) is 14.8. The molecule has 10 aromatic rings. The van der Waals surface area contributed by atoms with Crippen molar-refractivity contribution in [3.05, 3.63) is 122 Å². The number of fused-ring (bicyclic) bond motifs is 13. The maximum atomic E-state index is 6.72. The first kappa shape index (κ1) is 22.7. The van der Waals surface area contributed by atoms with Crippen molar-refractivity contribution in [3.8, 4) is 17.2 Å². The Morgan fingerprint density at radius 3 is 1.98 bits per heavy atom. The predicted octanol–water partition coefficient (Wildman–Crippen LogP) is 9.59. The van der Waals surface area contributed by atoms with Crippen molar-refractivity contribution in [2.45, 2.75) is 0 Å². The molecule has 6 heteroatoms. The van der Waals surface area contributed by atoms with Crippen molar-refractivity contribution in [2.75, 3.05) is 0 Å². The van der Waals surface area contributed by atoms with E-state index in [2.05, 4.69) is 70.2 Å². The molecule has 0 atom stereocenters. The Kier molecular flexibility index (Phi) is 4.36. The van der Waals surface area contributed by atoms with E-state index >= 15 is 0 Å². The van der Waals surface area contributed by atoms with Crippen LogP contribution in [0, 0.1) is 0 Å². The average molecular weight is 553 g/mol. The maximum absolute atomic E-state index is 6.72. The van der Waals surface area contributed by atoms with E-state index in [9.17, 15) is 0 Å². The van der Waals surface area contributed by atoms with Gasteiger partial charge in [-0.05, 0) is 47.2 Å². The minimum absolute atomic E-state index is 0.543. The molecule has 43 heavy (non-hydrogen) atoms. The Morgan fingerprint density at radius 1 is 0.535 bits per heavy atom. The summed E-state index contributed by atoms with van der Waals surface area (Å²) in [5, 5.41) is 7.65. The molecule has 0 saturated carbocycles. The van der Waals surface area contributed by atoms with Gasteiger partial charge in [-0.1, -0.05) is 72.8 Å². The largest absolute Gasteiger partial charge is 0.454 e. The van der Waals surface area contributed by atoms with E-state index in [4.69, 9.17) is 18.8 Å². The molecule has 200 valence electrons. The summed E-state index contributed by atoms with van der Waals surface area (Å²) in [7, 11) is 0. The molecule has 0 aliphatic carbocycles. The van der Waals surface area contributed by atoms with Crippen molar-refractivity contribution in [1.29, 1.82) is 0 Å². The molecule has 6 nitrogen and oxygen atoms in total. The fourth-order valence-electron chi connectivity index (χ4n) is 6.71. The number of pyridine rings is 1. The summed E-state index contributed by atoms with van der Waals surface area (Å²) in [5.74, 6) is 0.543. The first-order valence-corrected chi connectivity index (χ1v) is 14.2. The quantitative estimate of drug-likeness (QED) is 0.214. The number of hydrogen-bond donors (Lipinski definition) is 0. The van der Waals surface area contributed by atoms with Crippen LogP contribution in [-0.4, -0.2) is 19.5 Å². The molecule has 0 spiro atoms. The van der Waals surface area contributed by atoms with Crippen molar-refractivity contribution >= 4 is 76.6 Å². The molecule has 5 aromatic carbocycles. The lowest BCUT2D eigenvalue weighted by Gasteiger charge is -2.10. The molecule has 0 aliphatic rings. The number of para-hydroxylation sites is 3. The summed E-state index contributed by atoms with van der Waals surface area (Å²) in [6, 6.07) is 37.2. The summed E-state index contributed by atoms with van der Waals surface area (Å²) in [6.45, 7) is 0. The van der Waals surface area contributed by atoms with Gasteiger partial charge < -0.3 is 8.83 Å². The molecule has 0 fully saturated rings.